The third-order valence-electron chi connectivity index (χ3n) is 2.49. The fraction of sp³-hybridized carbons (Fsp3) is 0.231. The predicted octanol–water partition coefficient (Wildman–Crippen LogP) is 2.62. The van der Waals surface area contributed by atoms with Crippen LogP contribution in [0, 0.1) is 3.57 Å². The number of ether oxygens (including phenoxy) is 3. The van der Waals surface area contributed by atoms with Crippen LogP contribution in [0.25, 0.3) is 6.08 Å². The van der Waals surface area contributed by atoms with Gasteiger partial charge in [-0.15, -0.1) is 0 Å². The Morgan fingerprint density at radius 2 is 2.05 bits per heavy atom. The van der Waals surface area contributed by atoms with Gasteiger partial charge in [-0.05, 0) is 46.4 Å². The number of hydrogen-bond donors (Lipinski definition) is 0. The molecule has 0 aromatic heterocycles. The molecule has 0 spiro atoms. The van der Waals surface area contributed by atoms with Crippen molar-refractivity contribution in [3.63, 3.8) is 0 Å². The number of cyclic esters (lactones) is 1. The molecule has 1 heterocycles. The molecule has 0 fully saturated rings. The summed E-state index contributed by atoms with van der Waals surface area (Å²) >= 11 is 2.14. The second-order valence-corrected chi connectivity index (χ2v) is 4.95. The molecule has 0 radical (unpaired) electrons. The SMILES string of the molecule is COc1cc(/C=C2\N=C(C)OC2=O)cc(I)c1OC. The van der Waals surface area contributed by atoms with Gasteiger partial charge in [0.2, 0.25) is 0 Å². The van der Waals surface area contributed by atoms with Crippen molar-refractivity contribution in [2.45, 2.75) is 6.92 Å². The van der Waals surface area contributed by atoms with Crippen molar-refractivity contribution in [1.29, 1.82) is 0 Å². The third kappa shape index (κ3) is 2.89. The van der Waals surface area contributed by atoms with E-state index in [0.29, 0.717) is 17.4 Å². The molecule has 0 N–H and O–H groups in total. The Morgan fingerprint density at radius 3 is 2.58 bits per heavy atom. The molecule has 0 aliphatic carbocycles. The van der Waals surface area contributed by atoms with Crippen LogP contribution in [-0.4, -0.2) is 26.1 Å². The molecule has 0 saturated carbocycles. The van der Waals surface area contributed by atoms with E-state index >= 15 is 0 Å². The van der Waals surface area contributed by atoms with E-state index in [4.69, 9.17) is 14.2 Å². The predicted molar refractivity (Wildman–Crippen MR) is 79.4 cm³/mol. The molecule has 2 rings (SSSR count). The highest BCUT2D eigenvalue weighted by molar-refractivity contribution is 14.1. The van der Waals surface area contributed by atoms with Gasteiger partial charge >= 0.3 is 5.97 Å². The van der Waals surface area contributed by atoms with Crippen LogP contribution in [0.3, 0.4) is 0 Å². The molecule has 0 saturated heterocycles. The van der Waals surface area contributed by atoms with E-state index in [1.54, 1.807) is 33.3 Å². The standard InChI is InChI=1S/C13H12INO4/c1-7-15-10(13(16)19-7)5-8-4-9(14)12(18-3)11(6-8)17-2/h4-6H,1-3H3/b10-5-. The van der Waals surface area contributed by atoms with Crippen LogP contribution < -0.4 is 9.47 Å². The van der Waals surface area contributed by atoms with Gasteiger partial charge in [-0.2, -0.15) is 0 Å². The van der Waals surface area contributed by atoms with Gasteiger partial charge < -0.3 is 14.2 Å². The van der Waals surface area contributed by atoms with Gasteiger partial charge in [0.05, 0.1) is 17.8 Å². The summed E-state index contributed by atoms with van der Waals surface area (Å²) in [6, 6.07) is 3.66. The van der Waals surface area contributed by atoms with Gasteiger partial charge in [-0.1, -0.05) is 0 Å². The van der Waals surface area contributed by atoms with E-state index < -0.39 is 5.97 Å². The maximum atomic E-state index is 11.5. The van der Waals surface area contributed by atoms with Crippen LogP contribution in [0.15, 0.2) is 22.8 Å². The lowest BCUT2D eigenvalue weighted by Gasteiger charge is -2.10. The van der Waals surface area contributed by atoms with Crippen molar-refractivity contribution in [3.05, 3.63) is 27.0 Å². The minimum absolute atomic E-state index is 0.278. The molecule has 1 aliphatic rings. The molecular weight excluding hydrogens is 361 g/mol. The molecule has 1 aromatic carbocycles. The molecule has 1 aliphatic heterocycles. The lowest BCUT2D eigenvalue weighted by atomic mass is 10.1. The first kappa shape index (κ1) is 13.9. The number of halogens is 1. The molecule has 19 heavy (non-hydrogen) atoms. The van der Waals surface area contributed by atoms with Crippen molar-refractivity contribution < 1.29 is 19.0 Å². The molecule has 0 atom stereocenters. The fourth-order valence-corrected chi connectivity index (χ4v) is 2.54. The summed E-state index contributed by atoms with van der Waals surface area (Å²) in [4.78, 5) is 15.5. The van der Waals surface area contributed by atoms with E-state index in [-0.39, 0.29) is 5.70 Å². The van der Waals surface area contributed by atoms with Crippen LogP contribution >= 0.6 is 22.6 Å². The van der Waals surface area contributed by atoms with Crippen LogP contribution in [0.2, 0.25) is 0 Å². The maximum Gasteiger partial charge on any atom is 0.363 e. The summed E-state index contributed by atoms with van der Waals surface area (Å²) in [5, 5.41) is 0. The van der Waals surface area contributed by atoms with Crippen LogP contribution in [0.5, 0.6) is 11.5 Å². The summed E-state index contributed by atoms with van der Waals surface area (Å²) in [7, 11) is 3.15. The first-order valence-corrected chi connectivity index (χ1v) is 6.53. The molecular formula is C13H12INO4. The molecule has 0 unspecified atom stereocenters. The van der Waals surface area contributed by atoms with Crippen LogP contribution in [0.1, 0.15) is 12.5 Å². The quantitative estimate of drug-likeness (QED) is 0.465. The molecule has 6 heteroatoms. The van der Waals surface area contributed by atoms with E-state index in [2.05, 4.69) is 27.6 Å². The Bertz CT molecular complexity index is 593. The number of aliphatic imine (C=N–C) groups is 1. The van der Waals surface area contributed by atoms with Crippen molar-refractivity contribution in [1.82, 2.24) is 0 Å². The summed E-state index contributed by atoms with van der Waals surface area (Å²) < 4.78 is 16.3. The lowest BCUT2D eigenvalue weighted by molar-refractivity contribution is -0.130. The van der Waals surface area contributed by atoms with Crippen molar-refractivity contribution in [2.75, 3.05) is 14.2 Å². The number of methoxy groups -OCH3 is 2. The highest BCUT2D eigenvalue weighted by Crippen LogP contribution is 2.34. The van der Waals surface area contributed by atoms with E-state index in [0.717, 1.165) is 9.13 Å². The second kappa shape index (κ2) is 5.60. The highest BCUT2D eigenvalue weighted by Gasteiger charge is 2.20. The second-order valence-electron chi connectivity index (χ2n) is 3.79. The molecule has 100 valence electrons. The number of carbonyl (C=O) groups is 1. The van der Waals surface area contributed by atoms with Gasteiger partial charge in [0.25, 0.3) is 0 Å². The zero-order valence-corrected chi connectivity index (χ0v) is 12.8. The average molecular weight is 373 g/mol. The number of esters is 1. The average Bonchev–Trinajstić information content (AvgIpc) is 2.67. The van der Waals surface area contributed by atoms with Gasteiger partial charge in [-0.25, -0.2) is 9.79 Å². The minimum Gasteiger partial charge on any atom is -0.493 e. The zero-order valence-electron chi connectivity index (χ0n) is 10.7. The minimum atomic E-state index is -0.442. The molecule has 0 bridgehead atoms. The van der Waals surface area contributed by atoms with E-state index in [1.165, 1.54) is 0 Å². The normalized spacial score (nSPS) is 16.3. The van der Waals surface area contributed by atoms with Crippen LogP contribution in [0.4, 0.5) is 0 Å². The Hall–Kier alpha value is -1.57. The monoisotopic (exact) mass is 373 g/mol. The first-order chi connectivity index (χ1) is 9.05. The van der Waals surface area contributed by atoms with E-state index in [9.17, 15) is 4.79 Å². The Labute approximate surface area is 124 Å². The van der Waals surface area contributed by atoms with Crippen LogP contribution in [-0.2, 0) is 9.53 Å². The fourth-order valence-electron chi connectivity index (χ4n) is 1.69. The molecule has 0 amide bonds. The topological polar surface area (TPSA) is 57.1 Å². The number of benzene rings is 1. The first-order valence-electron chi connectivity index (χ1n) is 5.46. The van der Waals surface area contributed by atoms with Crippen molar-refractivity contribution >= 4 is 40.5 Å². The Kier molecular flexibility index (Phi) is 4.08. The highest BCUT2D eigenvalue weighted by atomic mass is 127. The zero-order chi connectivity index (χ0) is 14.0. The number of nitrogens with zero attached hydrogens (tertiary/aromatic N) is 1. The van der Waals surface area contributed by atoms with Crippen molar-refractivity contribution in [2.24, 2.45) is 4.99 Å². The Balaban J connectivity index is 2.45. The summed E-state index contributed by atoms with van der Waals surface area (Å²) in [5.41, 5.74) is 1.08. The smallest absolute Gasteiger partial charge is 0.363 e. The van der Waals surface area contributed by atoms with Gasteiger partial charge in [0, 0.05) is 6.92 Å². The van der Waals surface area contributed by atoms with Gasteiger partial charge in [0.15, 0.2) is 23.1 Å². The summed E-state index contributed by atoms with van der Waals surface area (Å²) in [5.74, 6) is 1.18. The summed E-state index contributed by atoms with van der Waals surface area (Å²) in [6.45, 7) is 1.64. The Morgan fingerprint density at radius 1 is 1.32 bits per heavy atom. The number of hydrogen-bond acceptors (Lipinski definition) is 5. The van der Waals surface area contributed by atoms with Gasteiger partial charge in [-0.3, -0.25) is 0 Å². The molecule has 5 nitrogen and oxygen atoms in total. The number of rotatable bonds is 3. The lowest BCUT2D eigenvalue weighted by Crippen LogP contribution is -2.00. The van der Waals surface area contributed by atoms with Gasteiger partial charge in [0.1, 0.15) is 0 Å². The van der Waals surface area contributed by atoms with E-state index in [1.807, 2.05) is 6.07 Å². The summed E-state index contributed by atoms with van der Waals surface area (Å²) in [6.07, 6.45) is 1.66. The van der Waals surface area contributed by atoms with Crippen molar-refractivity contribution in [3.8, 4) is 11.5 Å². The third-order valence-corrected chi connectivity index (χ3v) is 3.29. The molecule has 1 aromatic rings. The largest absolute Gasteiger partial charge is 0.493 e. The number of carbonyl (C=O) groups excluding carboxylic acids is 1. The maximum absolute atomic E-state index is 11.5.